The molecule has 0 aromatic carbocycles. The van der Waals surface area contributed by atoms with Crippen molar-refractivity contribution in [3.05, 3.63) is 22.6 Å². The van der Waals surface area contributed by atoms with Gasteiger partial charge in [-0.15, -0.1) is 0 Å². The maximum atomic E-state index is 12.8. The maximum absolute atomic E-state index is 12.8. The Kier molecular flexibility index (Phi) is 11.8. The third-order valence-corrected chi connectivity index (χ3v) is 6.69. The summed E-state index contributed by atoms with van der Waals surface area (Å²) >= 11 is 0. The molecule has 6 heteroatoms. The average Bonchev–Trinajstić information content (AvgIpc) is 2.93. The zero-order valence-electron chi connectivity index (χ0n) is 19.4. The van der Waals surface area contributed by atoms with Gasteiger partial charge in [0.2, 0.25) is 5.78 Å². The van der Waals surface area contributed by atoms with Gasteiger partial charge in [-0.1, -0.05) is 52.5 Å². The zero-order valence-corrected chi connectivity index (χ0v) is 20.2. The van der Waals surface area contributed by atoms with Crippen LogP contribution in [0.4, 0.5) is 0 Å². The van der Waals surface area contributed by atoms with Crippen LogP contribution in [0.15, 0.2) is 22.6 Å². The predicted molar refractivity (Wildman–Crippen MR) is 122 cm³/mol. The van der Waals surface area contributed by atoms with Gasteiger partial charge in [-0.3, -0.25) is 13.8 Å². The molecule has 0 radical (unpaired) electrons. The van der Waals surface area contributed by atoms with Crippen LogP contribution in [0.5, 0.6) is 0 Å². The van der Waals surface area contributed by atoms with E-state index in [2.05, 4.69) is 25.5 Å². The summed E-state index contributed by atoms with van der Waals surface area (Å²) in [5, 5.41) is 11.2. The smallest absolute Gasteiger partial charge is 0.305 e. The first kappa shape index (κ1) is 26.8. The Balaban J connectivity index is 2.69. The minimum absolute atomic E-state index is 0.210. The number of carbonyl (C=O) groups is 2. The number of methoxy groups -OCH3 is 1. The summed E-state index contributed by atoms with van der Waals surface area (Å²) in [4.78, 5) is 24.1. The lowest BCUT2D eigenvalue weighted by atomic mass is 9.86. The van der Waals surface area contributed by atoms with E-state index in [0.717, 1.165) is 32.1 Å². The van der Waals surface area contributed by atoms with E-state index in [1.165, 1.54) is 32.3 Å². The molecule has 1 aliphatic carbocycles. The Morgan fingerprint density at radius 3 is 2.47 bits per heavy atom. The Morgan fingerprint density at radius 2 is 1.87 bits per heavy atom. The first-order valence-corrected chi connectivity index (χ1v) is 12.8. The van der Waals surface area contributed by atoms with Crippen LogP contribution in [0.3, 0.4) is 0 Å². The highest BCUT2D eigenvalue weighted by Gasteiger charge is 2.42. The Morgan fingerprint density at radius 1 is 1.17 bits per heavy atom. The summed E-state index contributed by atoms with van der Waals surface area (Å²) in [6, 6.07) is 0. The van der Waals surface area contributed by atoms with Gasteiger partial charge in [0.25, 0.3) is 0 Å². The molecule has 0 aromatic rings. The zero-order chi connectivity index (χ0) is 22.7. The van der Waals surface area contributed by atoms with Crippen LogP contribution in [0.25, 0.3) is 0 Å². The minimum atomic E-state index is -1.42. The molecule has 0 saturated carbocycles. The van der Waals surface area contributed by atoms with Crippen molar-refractivity contribution in [1.29, 1.82) is 0 Å². The monoisotopic (exact) mass is 440 g/mol. The van der Waals surface area contributed by atoms with Crippen molar-refractivity contribution in [1.82, 2.24) is 0 Å². The second-order valence-electron chi connectivity index (χ2n) is 8.98. The van der Waals surface area contributed by atoms with Gasteiger partial charge in [-0.25, -0.2) is 0 Å². The van der Waals surface area contributed by atoms with Crippen molar-refractivity contribution < 1.29 is 23.6 Å². The van der Waals surface area contributed by atoms with Gasteiger partial charge >= 0.3 is 5.97 Å². The average molecular weight is 441 g/mol. The van der Waals surface area contributed by atoms with Gasteiger partial charge in [0.1, 0.15) is 5.60 Å². The highest BCUT2D eigenvalue weighted by atomic mass is 32.2. The number of aliphatic hydroxyl groups is 1. The number of hydrogen-bond acceptors (Lipinski definition) is 5. The molecule has 0 spiro atoms. The van der Waals surface area contributed by atoms with Gasteiger partial charge in [0.05, 0.1) is 22.8 Å². The van der Waals surface area contributed by atoms with Crippen LogP contribution in [0, 0.1) is 11.8 Å². The lowest BCUT2D eigenvalue weighted by Gasteiger charge is -2.24. The lowest BCUT2D eigenvalue weighted by molar-refractivity contribution is -0.140. The van der Waals surface area contributed by atoms with Gasteiger partial charge < -0.3 is 9.84 Å². The number of rotatable bonds is 14. The highest BCUT2D eigenvalue weighted by Crippen LogP contribution is 2.37. The highest BCUT2D eigenvalue weighted by molar-refractivity contribution is 7.89. The summed E-state index contributed by atoms with van der Waals surface area (Å²) < 4.78 is 16.6. The molecule has 1 N–H and O–H groups in total. The van der Waals surface area contributed by atoms with Crippen molar-refractivity contribution in [3.63, 3.8) is 0 Å². The van der Waals surface area contributed by atoms with E-state index < -0.39 is 16.4 Å². The standard InChI is InChI=1S/C24H40O5S/c1-18(2)11-10-12-19(3)15-16-24(27)17-21(30(5)28)23(26)20(24)13-8-6-7-9-14-22(25)29-4/h13,17-19,27H,6-12,14-16H2,1-5H3/b20-13+. The maximum Gasteiger partial charge on any atom is 0.305 e. The fraction of sp³-hybridized carbons (Fsp3) is 0.750. The molecule has 0 bridgehead atoms. The van der Waals surface area contributed by atoms with E-state index in [9.17, 15) is 18.9 Å². The predicted octanol–water partition coefficient (Wildman–Crippen LogP) is 4.86. The quantitative estimate of drug-likeness (QED) is 0.237. The number of Topliss-reactive ketones (excluding diaryl/α,β-unsaturated/α-hetero) is 1. The summed E-state index contributed by atoms with van der Waals surface area (Å²) in [6.07, 6.45) is 13.0. The van der Waals surface area contributed by atoms with Crippen molar-refractivity contribution >= 4 is 22.6 Å². The fourth-order valence-electron chi connectivity index (χ4n) is 3.80. The molecular weight excluding hydrogens is 400 g/mol. The molecule has 0 heterocycles. The molecule has 0 amide bonds. The van der Waals surface area contributed by atoms with Crippen molar-refractivity contribution in [2.45, 2.75) is 90.6 Å². The number of carbonyl (C=O) groups excluding carboxylic acids is 2. The van der Waals surface area contributed by atoms with E-state index in [0.29, 0.717) is 36.7 Å². The van der Waals surface area contributed by atoms with E-state index in [1.54, 1.807) is 6.08 Å². The SMILES string of the molecule is COC(=O)CCCCC/C=C1\C(=O)C(S(C)=O)=CC1(O)CCC(C)CCCC(C)C. The Hall–Kier alpha value is -1.27. The number of allylic oxidation sites excluding steroid dienone is 2. The van der Waals surface area contributed by atoms with Gasteiger partial charge in [-0.2, -0.15) is 0 Å². The van der Waals surface area contributed by atoms with Crippen LogP contribution in [0.2, 0.25) is 0 Å². The Bertz CT molecular complexity index is 665. The van der Waals surface area contributed by atoms with Crippen LogP contribution < -0.4 is 0 Å². The van der Waals surface area contributed by atoms with Gasteiger partial charge in [-0.05, 0) is 50.0 Å². The normalized spacial score (nSPS) is 22.4. The van der Waals surface area contributed by atoms with Gasteiger partial charge in [0.15, 0.2) is 0 Å². The largest absolute Gasteiger partial charge is 0.469 e. The fourth-order valence-corrected chi connectivity index (χ4v) is 4.54. The lowest BCUT2D eigenvalue weighted by Crippen LogP contribution is -2.28. The van der Waals surface area contributed by atoms with Crippen molar-refractivity contribution in [2.75, 3.05) is 13.4 Å². The van der Waals surface area contributed by atoms with Crippen LogP contribution in [-0.4, -0.2) is 40.0 Å². The molecule has 0 saturated heterocycles. The summed E-state index contributed by atoms with van der Waals surface area (Å²) in [5.74, 6) is 0.656. The van der Waals surface area contributed by atoms with Crippen LogP contribution in [-0.2, 0) is 25.1 Å². The molecule has 0 aromatic heterocycles. The van der Waals surface area contributed by atoms with Crippen LogP contribution in [0.1, 0.15) is 85.0 Å². The summed E-state index contributed by atoms with van der Waals surface area (Å²) in [7, 11) is -0.0384. The molecule has 30 heavy (non-hydrogen) atoms. The number of esters is 1. The molecule has 0 fully saturated rings. The first-order valence-electron chi connectivity index (χ1n) is 11.2. The molecule has 0 aliphatic heterocycles. The van der Waals surface area contributed by atoms with E-state index in [-0.39, 0.29) is 16.7 Å². The first-order chi connectivity index (χ1) is 14.1. The number of hydrogen-bond donors (Lipinski definition) is 1. The molecule has 1 aliphatic rings. The number of ketones is 1. The van der Waals surface area contributed by atoms with Gasteiger partial charge in [0, 0.05) is 18.2 Å². The third kappa shape index (κ3) is 8.84. The topological polar surface area (TPSA) is 80.7 Å². The molecule has 1 rings (SSSR count). The molecule has 5 nitrogen and oxygen atoms in total. The summed E-state index contributed by atoms with van der Waals surface area (Å²) in [6.45, 7) is 6.64. The number of ether oxygens (including phenoxy) is 1. The number of unbranched alkanes of at least 4 members (excludes halogenated alkanes) is 3. The molecule has 3 atom stereocenters. The second-order valence-corrected chi connectivity index (χ2v) is 10.3. The van der Waals surface area contributed by atoms with E-state index in [4.69, 9.17) is 0 Å². The third-order valence-electron chi connectivity index (χ3n) is 5.77. The minimum Gasteiger partial charge on any atom is -0.469 e. The van der Waals surface area contributed by atoms with E-state index >= 15 is 0 Å². The van der Waals surface area contributed by atoms with Crippen molar-refractivity contribution in [2.24, 2.45) is 11.8 Å². The Labute approximate surface area is 184 Å². The van der Waals surface area contributed by atoms with Crippen LogP contribution >= 0.6 is 0 Å². The molecule has 3 unspecified atom stereocenters. The molecular formula is C24H40O5S. The summed E-state index contributed by atoms with van der Waals surface area (Å²) in [5.41, 5.74) is -0.953. The van der Waals surface area contributed by atoms with E-state index in [1.807, 2.05) is 0 Å². The second kappa shape index (κ2) is 13.2. The van der Waals surface area contributed by atoms with Crippen molar-refractivity contribution in [3.8, 4) is 0 Å². The molecule has 172 valence electrons.